The zero-order chi connectivity index (χ0) is 33.3. The Bertz CT molecular complexity index is 1800. The van der Waals surface area contributed by atoms with Gasteiger partial charge >= 0.3 is 11.9 Å². The normalized spacial score (nSPS) is 17.3. The summed E-state index contributed by atoms with van der Waals surface area (Å²) >= 11 is 2.19. The van der Waals surface area contributed by atoms with Crippen LogP contribution in [0.15, 0.2) is 24.3 Å². The molecule has 1 unspecified atom stereocenters. The summed E-state index contributed by atoms with van der Waals surface area (Å²) in [4.78, 5) is 35.8. The van der Waals surface area contributed by atoms with Gasteiger partial charge in [0.15, 0.2) is 40.4 Å². The first-order valence-electron chi connectivity index (χ1n) is 14.5. The molecule has 0 bridgehead atoms. The summed E-state index contributed by atoms with van der Waals surface area (Å²) in [6.45, 7) is 1.48. The molecule has 0 radical (unpaired) electrons. The van der Waals surface area contributed by atoms with Gasteiger partial charge in [-0.1, -0.05) is 6.92 Å². The highest BCUT2D eigenvalue weighted by molar-refractivity contribution is 7.21. The minimum atomic E-state index is -1.09. The third kappa shape index (κ3) is 6.46. The number of ether oxygens (including phenoxy) is 4. The summed E-state index contributed by atoms with van der Waals surface area (Å²) in [7, 11) is 2.66. The van der Waals surface area contributed by atoms with Crippen LogP contribution in [0.5, 0.6) is 23.0 Å². The summed E-state index contributed by atoms with van der Waals surface area (Å²) < 4.78 is 53.9. The maximum atomic E-state index is 15.5. The molecule has 0 saturated heterocycles. The molecule has 246 valence electrons. The summed E-state index contributed by atoms with van der Waals surface area (Å²) in [5.41, 5.74) is 0. The number of aliphatic hydroxyl groups is 1. The standard InChI is InChI=1S/C32H32F2O10S2/c1-14(31(37)38)9-19(35)24-10-17-22(45-24)12-20(41-2)30(27(17)34)44-8-4-7-43-21-13-23-18(26(33)29(21)42-3)11-25(46-23)28(36)15-5-6-16(15)32(39)40/h10-16,28,36H,4-9H2,1-3H3,(H,37,38)(H,39,40)/t14-,15+,16+,28?/m0/s1. The predicted molar refractivity (Wildman–Crippen MR) is 167 cm³/mol. The fourth-order valence-corrected chi connectivity index (χ4v) is 7.57. The van der Waals surface area contributed by atoms with Crippen molar-refractivity contribution in [1.29, 1.82) is 0 Å². The van der Waals surface area contributed by atoms with Crippen molar-refractivity contribution >= 4 is 60.6 Å². The second-order valence-electron chi connectivity index (χ2n) is 11.1. The van der Waals surface area contributed by atoms with Gasteiger partial charge < -0.3 is 34.3 Å². The van der Waals surface area contributed by atoms with Crippen molar-refractivity contribution in [2.45, 2.75) is 38.7 Å². The quantitative estimate of drug-likeness (QED) is 0.0917. The molecule has 0 spiro atoms. The van der Waals surface area contributed by atoms with E-state index in [0.29, 0.717) is 27.1 Å². The zero-order valence-corrected chi connectivity index (χ0v) is 26.8. The molecule has 2 aromatic carbocycles. The molecule has 0 aliphatic heterocycles. The summed E-state index contributed by atoms with van der Waals surface area (Å²) in [6, 6.07) is 6.04. The molecule has 0 amide bonds. The summed E-state index contributed by atoms with van der Waals surface area (Å²) in [5, 5.41) is 29.6. The van der Waals surface area contributed by atoms with Crippen LogP contribution >= 0.6 is 22.7 Å². The van der Waals surface area contributed by atoms with Crippen molar-refractivity contribution < 1.29 is 57.4 Å². The number of Topliss-reactive ketones (excluding diaryl/α,β-unsaturated/α-hetero) is 1. The number of hydrogen-bond donors (Lipinski definition) is 3. The van der Waals surface area contributed by atoms with E-state index >= 15 is 8.78 Å². The van der Waals surface area contributed by atoms with Gasteiger partial charge in [0.1, 0.15) is 0 Å². The lowest BCUT2D eigenvalue weighted by Gasteiger charge is -2.36. The molecule has 1 saturated carbocycles. The first kappa shape index (κ1) is 33.4. The van der Waals surface area contributed by atoms with Gasteiger partial charge in [0.2, 0.25) is 0 Å². The number of rotatable bonds is 15. The number of halogens is 2. The average Bonchev–Trinajstić information content (AvgIpc) is 3.62. The molecule has 4 aromatic rings. The summed E-state index contributed by atoms with van der Waals surface area (Å²) in [6.07, 6.45) is 0.0783. The van der Waals surface area contributed by atoms with Crippen LogP contribution in [0.25, 0.3) is 20.2 Å². The Labute approximate surface area is 270 Å². The lowest BCUT2D eigenvalue weighted by atomic mass is 9.70. The van der Waals surface area contributed by atoms with Crippen molar-refractivity contribution in [1.82, 2.24) is 0 Å². The summed E-state index contributed by atoms with van der Waals surface area (Å²) in [5.74, 6) is -5.84. The molecule has 5 rings (SSSR count). The highest BCUT2D eigenvalue weighted by atomic mass is 32.1. The van der Waals surface area contributed by atoms with Gasteiger partial charge in [-0.2, -0.15) is 0 Å². The van der Waals surface area contributed by atoms with E-state index in [2.05, 4.69) is 0 Å². The lowest BCUT2D eigenvalue weighted by molar-refractivity contribution is -0.151. The largest absolute Gasteiger partial charge is 0.493 e. The number of ketones is 1. The molecule has 2 aromatic heterocycles. The first-order chi connectivity index (χ1) is 21.9. The first-order valence-corrected chi connectivity index (χ1v) is 16.1. The van der Waals surface area contributed by atoms with Crippen LogP contribution < -0.4 is 18.9 Å². The van der Waals surface area contributed by atoms with Crippen LogP contribution in [-0.4, -0.2) is 60.5 Å². The Hall–Kier alpha value is -4.01. The number of thiophene rings is 2. The number of hydrogen-bond acceptors (Lipinski definition) is 10. The van der Waals surface area contributed by atoms with Gasteiger partial charge in [0.25, 0.3) is 0 Å². The number of benzene rings is 2. The van der Waals surface area contributed by atoms with Crippen molar-refractivity contribution in [2.75, 3.05) is 27.4 Å². The minimum absolute atomic E-state index is 0.000640. The molecule has 1 aliphatic carbocycles. The van der Waals surface area contributed by atoms with Crippen LogP contribution in [0.1, 0.15) is 53.3 Å². The number of methoxy groups -OCH3 is 2. The van der Waals surface area contributed by atoms with E-state index in [4.69, 9.17) is 24.1 Å². The Balaban J connectivity index is 1.25. The molecule has 4 atom stereocenters. The van der Waals surface area contributed by atoms with Gasteiger partial charge in [0.05, 0.1) is 50.3 Å². The number of aliphatic hydroxyl groups excluding tert-OH is 1. The molecule has 3 N–H and O–H groups in total. The smallest absolute Gasteiger partial charge is 0.306 e. The van der Waals surface area contributed by atoms with Gasteiger partial charge in [-0.15, -0.1) is 22.7 Å². The number of aliphatic carboxylic acids is 2. The molecular weight excluding hydrogens is 646 g/mol. The maximum Gasteiger partial charge on any atom is 0.306 e. The molecule has 1 fully saturated rings. The van der Waals surface area contributed by atoms with Crippen molar-refractivity contribution in [3.63, 3.8) is 0 Å². The van der Waals surface area contributed by atoms with E-state index in [0.717, 1.165) is 22.7 Å². The number of fused-ring (bicyclic) bond motifs is 2. The Morgan fingerprint density at radius 2 is 1.54 bits per heavy atom. The van der Waals surface area contributed by atoms with E-state index < -0.39 is 53.2 Å². The van der Waals surface area contributed by atoms with Crippen LogP contribution in [0.4, 0.5) is 8.78 Å². The number of carbonyl (C=O) groups is 3. The highest BCUT2D eigenvalue weighted by Gasteiger charge is 2.42. The van der Waals surface area contributed by atoms with Crippen LogP contribution in [0.2, 0.25) is 0 Å². The molecule has 2 heterocycles. The van der Waals surface area contributed by atoms with Gasteiger partial charge in [-0.05, 0) is 25.0 Å². The fraction of sp³-hybridized carbons (Fsp3) is 0.406. The third-order valence-electron chi connectivity index (χ3n) is 8.13. The van der Waals surface area contributed by atoms with E-state index in [-0.39, 0.29) is 64.7 Å². The van der Waals surface area contributed by atoms with Crippen molar-refractivity contribution in [3.05, 3.63) is 45.7 Å². The van der Waals surface area contributed by atoms with Gasteiger partial charge in [-0.25, -0.2) is 8.78 Å². The molecule has 46 heavy (non-hydrogen) atoms. The second-order valence-corrected chi connectivity index (χ2v) is 13.3. The van der Waals surface area contributed by atoms with E-state index in [1.54, 1.807) is 12.1 Å². The second kappa shape index (κ2) is 13.8. The number of carboxylic acids is 2. The zero-order valence-electron chi connectivity index (χ0n) is 25.1. The predicted octanol–water partition coefficient (Wildman–Crippen LogP) is 6.70. The molecule has 1 aliphatic rings. The molecule has 10 nitrogen and oxygen atoms in total. The number of carbonyl (C=O) groups excluding carboxylic acids is 1. The number of carboxylic acid groups (broad SMARTS) is 2. The topological polar surface area (TPSA) is 149 Å². The van der Waals surface area contributed by atoms with Crippen LogP contribution in [-0.2, 0) is 9.59 Å². The average molecular weight is 679 g/mol. The lowest BCUT2D eigenvalue weighted by Crippen LogP contribution is -2.36. The van der Waals surface area contributed by atoms with Gasteiger partial charge in [-0.3, -0.25) is 14.4 Å². The SMILES string of the molecule is COc1cc2sc(C(=O)C[C@H](C)C(=O)O)cc2c(F)c1OCCCOc1cc2sc(C(O)[C@@H]3CC[C@H]3C(=O)O)cc2c(F)c1OC. The van der Waals surface area contributed by atoms with E-state index in [1.807, 2.05) is 0 Å². The van der Waals surface area contributed by atoms with E-state index in [1.165, 1.54) is 33.3 Å². The molecule has 14 heteroatoms. The third-order valence-corrected chi connectivity index (χ3v) is 10.4. The molecular formula is C32H32F2O10S2. The van der Waals surface area contributed by atoms with Gasteiger partial charge in [0, 0.05) is 55.9 Å². The Morgan fingerprint density at radius 3 is 2.17 bits per heavy atom. The highest BCUT2D eigenvalue weighted by Crippen LogP contribution is 2.47. The minimum Gasteiger partial charge on any atom is -0.493 e. The Kier molecular flexibility index (Phi) is 9.99. The van der Waals surface area contributed by atoms with E-state index in [9.17, 15) is 24.6 Å². The Morgan fingerprint density at radius 1 is 0.891 bits per heavy atom. The van der Waals surface area contributed by atoms with Crippen molar-refractivity contribution in [3.8, 4) is 23.0 Å². The fourth-order valence-electron chi connectivity index (χ4n) is 5.39. The monoisotopic (exact) mass is 678 g/mol. The van der Waals surface area contributed by atoms with Crippen LogP contribution in [0, 0.1) is 29.4 Å². The maximum absolute atomic E-state index is 15.5. The van der Waals surface area contributed by atoms with Crippen LogP contribution in [0.3, 0.4) is 0 Å². The van der Waals surface area contributed by atoms with Crippen molar-refractivity contribution in [2.24, 2.45) is 17.8 Å².